The van der Waals surface area contributed by atoms with E-state index in [1.54, 1.807) is 36.3 Å². The largest absolute Gasteiger partial charge is 0.497 e. The Kier molecular flexibility index (Phi) is 6.09. The van der Waals surface area contributed by atoms with Crippen molar-refractivity contribution in [3.05, 3.63) is 65.2 Å². The van der Waals surface area contributed by atoms with Crippen molar-refractivity contribution in [1.82, 2.24) is 9.80 Å². The maximum atomic E-state index is 12.6. The van der Waals surface area contributed by atoms with Gasteiger partial charge in [-0.25, -0.2) is 0 Å². The highest BCUT2D eigenvalue weighted by Crippen LogP contribution is 2.22. The lowest BCUT2D eigenvalue weighted by Crippen LogP contribution is -2.33. The van der Waals surface area contributed by atoms with E-state index in [4.69, 9.17) is 4.74 Å². The third-order valence-corrected chi connectivity index (χ3v) is 4.92. The quantitative estimate of drug-likeness (QED) is 0.660. The van der Waals surface area contributed by atoms with Crippen LogP contribution in [0.4, 0.5) is 0 Å². The number of rotatable bonds is 8. The van der Waals surface area contributed by atoms with Crippen LogP contribution in [-0.4, -0.2) is 47.7 Å². The fourth-order valence-electron chi connectivity index (χ4n) is 3.32. The maximum absolute atomic E-state index is 12.6. The molecule has 0 atom stereocenters. The Morgan fingerprint density at radius 2 is 1.61 bits per heavy atom. The van der Waals surface area contributed by atoms with E-state index >= 15 is 0 Å². The Hall–Kier alpha value is -3.15. The lowest BCUT2D eigenvalue weighted by atomic mass is 10.1. The van der Waals surface area contributed by atoms with Crippen LogP contribution in [0.5, 0.6) is 5.75 Å². The van der Waals surface area contributed by atoms with E-state index in [-0.39, 0.29) is 30.7 Å². The average Bonchev–Trinajstić information content (AvgIpc) is 2.97. The second-order valence-electron chi connectivity index (χ2n) is 6.67. The fourth-order valence-corrected chi connectivity index (χ4v) is 3.32. The molecule has 6 nitrogen and oxygen atoms in total. The second-order valence-corrected chi connectivity index (χ2v) is 6.67. The minimum atomic E-state index is -0.279. The molecular formula is C22H24N2O4. The highest BCUT2D eigenvalue weighted by atomic mass is 16.5. The summed E-state index contributed by atoms with van der Waals surface area (Å²) >= 11 is 0. The summed E-state index contributed by atoms with van der Waals surface area (Å²) in [5.41, 5.74) is 1.90. The van der Waals surface area contributed by atoms with Gasteiger partial charge < -0.3 is 9.64 Å². The van der Waals surface area contributed by atoms with E-state index in [1.165, 1.54) is 4.90 Å². The SMILES string of the molecule is CCN(Cc1ccc(OC)cc1)C(=O)CCCN1C(=O)c2ccccc2C1=O. The lowest BCUT2D eigenvalue weighted by molar-refractivity contribution is -0.131. The standard InChI is InChI=1S/C22H24N2O4/c1-3-23(15-16-10-12-17(28-2)13-11-16)20(25)9-6-14-24-21(26)18-7-4-5-8-19(18)22(24)27/h4-5,7-8,10-13H,3,6,9,14-15H2,1-2H3. The Morgan fingerprint density at radius 3 is 2.14 bits per heavy atom. The van der Waals surface area contributed by atoms with E-state index in [0.717, 1.165) is 11.3 Å². The van der Waals surface area contributed by atoms with Gasteiger partial charge in [0.05, 0.1) is 18.2 Å². The molecule has 146 valence electrons. The van der Waals surface area contributed by atoms with Gasteiger partial charge in [-0.15, -0.1) is 0 Å². The first-order chi connectivity index (χ1) is 13.5. The molecule has 2 aromatic rings. The van der Waals surface area contributed by atoms with Crippen LogP contribution in [0.15, 0.2) is 48.5 Å². The number of hydrogen-bond acceptors (Lipinski definition) is 4. The van der Waals surface area contributed by atoms with Crippen LogP contribution in [0, 0.1) is 0 Å². The van der Waals surface area contributed by atoms with Crippen LogP contribution >= 0.6 is 0 Å². The molecule has 0 saturated heterocycles. The number of fused-ring (bicyclic) bond motifs is 1. The molecule has 6 heteroatoms. The Labute approximate surface area is 164 Å². The molecule has 1 aliphatic rings. The Balaban J connectivity index is 1.53. The third kappa shape index (κ3) is 4.06. The van der Waals surface area contributed by atoms with Gasteiger partial charge in [0, 0.05) is 26.1 Å². The topological polar surface area (TPSA) is 66.9 Å². The van der Waals surface area contributed by atoms with Gasteiger partial charge in [-0.1, -0.05) is 24.3 Å². The number of imide groups is 1. The van der Waals surface area contributed by atoms with E-state index in [2.05, 4.69) is 0 Å². The molecule has 1 aliphatic heterocycles. The van der Waals surface area contributed by atoms with Crippen LogP contribution in [0.25, 0.3) is 0 Å². The number of carbonyl (C=O) groups excluding carboxylic acids is 3. The summed E-state index contributed by atoms with van der Waals surface area (Å²) in [7, 11) is 1.62. The van der Waals surface area contributed by atoms with Gasteiger partial charge in [-0.2, -0.15) is 0 Å². The van der Waals surface area contributed by atoms with Gasteiger partial charge in [0.2, 0.25) is 5.91 Å². The smallest absolute Gasteiger partial charge is 0.261 e. The molecule has 0 fully saturated rings. The monoisotopic (exact) mass is 380 g/mol. The molecule has 2 aromatic carbocycles. The van der Waals surface area contributed by atoms with Crippen molar-refractivity contribution in [2.45, 2.75) is 26.3 Å². The van der Waals surface area contributed by atoms with Crippen molar-refractivity contribution in [2.24, 2.45) is 0 Å². The number of amides is 3. The number of ether oxygens (including phenoxy) is 1. The van der Waals surface area contributed by atoms with Crippen LogP contribution in [0.2, 0.25) is 0 Å². The second kappa shape index (κ2) is 8.69. The molecule has 0 N–H and O–H groups in total. The minimum Gasteiger partial charge on any atom is -0.497 e. The van der Waals surface area contributed by atoms with Crippen LogP contribution in [-0.2, 0) is 11.3 Å². The zero-order chi connectivity index (χ0) is 20.1. The molecule has 0 saturated carbocycles. The molecule has 1 heterocycles. The summed E-state index contributed by atoms with van der Waals surface area (Å²) in [6, 6.07) is 14.4. The molecule has 0 radical (unpaired) electrons. The summed E-state index contributed by atoms with van der Waals surface area (Å²) in [5.74, 6) is 0.228. The van der Waals surface area contributed by atoms with E-state index < -0.39 is 0 Å². The van der Waals surface area contributed by atoms with E-state index in [9.17, 15) is 14.4 Å². The first-order valence-electron chi connectivity index (χ1n) is 9.41. The molecule has 0 spiro atoms. The Bertz CT molecular complexity index is 841. The molecular weight excluding hydrogens is 356 g/mol. The fraction of sp³-hybridized carbons (Fsp3) is 0.318. The van der Waals surface area contributed by atoms with Gasteiger partial charge in [-0.3, -0.25) is 19.3 Å². The normalized spacial score (nSPS) is 12.9. The average molecular weight is 380 g/mol. The van der Waals surface area contributed by atoms with Crippen molar-refractivity contribution in [1.29, 1.82) is 0 Å². The lowest BCUT2D eigenvalue weighted by Gasteiger charge is -2.22. The molecule has 28 heavy (non-hydrogen) atoms. The van der Waals surface area contributed by atoms with Gasteiger partial charge in [-0.05, 0) is 43.2 Å². The zero-order valence-corrected chi connectivity index (χ0v) is 16.2. The number of carbonyl (C=O) groups is 3. The summed E-state index contributed by atoms with van der Waals surface area (Å²) < 4.78 is 5.15. The molecule has 0 unspecified atom stereocenters. The van der Waals surface area contributed by atoms with Crippen molar-refractivity contribution in [2.75, 3.05) is 20.2 Å². The van der Waals surface area contributed by atoms with E-state index in [0.29, 0.717) is 30.6 Å². The van der Waals surface area contributed by atoms with Crippen molar-refractivity contribution < 1.29 is 19.1 Å². The van der Waals surface area contributed by atoms with Gasteiger partial charge in [0.25, 0.3) is 11.8 Å². The third-order valence-electron chi connectivity index (χ3n) is 4.92. The van der Waals surface area contributed by atoms with Crippen LogP contribution < -0.4 is 4.74 Å². The highest BCUT2D eigenvalue weighted by molar-refractivity contribution is 6.21. The molecule has 0 bridgehead atoms. The van der Waals surface area contributed by atoms with Crippen LogP contribution in [0.3, 0.4) is 0 Å². The van der Waals surface area contributed by atoms with Gasteiger partial charge >= 0.3 is 0 Å². The molecule has 3 rings (SSSR count). The highest BCUT2D eigenvalue weighted by Gasteiger charge is 2.34. The summed E-state index contributed by atoms with van der Waals surface area (Å²) in [5, 5.41) is 0. The molecule has 3 amide bonds. The van der Waals surface area contributed by atoms with Crippen molar-refractivity contribution in [3.63, 3.8) is 0 Å². The van der Waals surface area contributed by atoms with Gasteiger partial charge in [0.1, 0.15) is 5.75 Å². The molecule has 0 aliphatic carbocycles. The predicted molar refractivity (Wildman–Crippen MR) is 105 cm³/mol. The number of hydrogen-bond donors (Lipinski definition) is 0. The van der Waals surface area contributed by atoms with Gasteiger partial charge in [0.15, 0.2) is 0 Å². The minimum absolute atomic E-state index is 0.00919. The summed E-state index contributed by atoms with van der Waals surface area (Å²) in [4.78, 5) is 40.3. The number of benzene rings is 2. The predicted octanol–water partition coefficient (Wildman–Crippen LogP) is 3.12. The summed E-state index contributed by atoms with van der Waals surface area (Å²) in [6.07, 6.45) is 0.737. The summed E-state index contributed by atoms with van der Waals surface area (Å²) in [6.45, 7) is 3.30. The number of methoxy groups -OCH3 is 1. The van der Waals surface area contributed by atoms with Crippen LogP contribution in [0.1, 0.15) is 46.0 Å². The van der Waals surface area contributed by atoms with Crippen molar-refractivity contribution in [3.8, 4) is 5.75 Å². The number of nitrogens with zero attached hydrogens (tertiary/aromatic N) is 2. The first kappa shape index (κ1) is 19.6. The van der Waals surface area contributed by atoms with Crippen molar-refractivity contribution >= 4 is 17.7 Å². The van der Waals surface area contributed by atoms with E-state index in [1.807, 2.05) is 31.2 Å². The first-order valence-corrected chi connectivity index (χ1v) is 9.41. The maximum Gasteiger partial charge on any atom is 0.261 e. The zero-order valence-electron chi connectivity index (χ0n) is 16.2. The molecule has 0 aromatic heterocycles. The Morgan fingerprint density at radius 1 is 1.00 bits per heavy atom.